The Morgan fingerprint density at radius 2 is 1.96 bits per heavy atom. The predicted molar refractivity (Wildman–Crippen MR) is 106 cm³/mol. The van der Waals surface area contributed by atoms with Crippen LogP contribution >= 0.6 is 15.9 Å². The number of anilines is 2. The SMILES string of the molecule is CC(=O)c1ccc2c(c1)N(C(C)C(=O)Nc1ccc(C)cc1Br)C(=O)CO2. The second kappa shape index (κ2) is 7.52. The van der Waals surface area contributed by atoms with Crippen molar-refractivity contribution in [1.29, 1.82) is 0 Å². The monoisotopic (exact) mass is 430 g/mol. The molecule has 3 rings (SSSR count). The first-order valence-electron chi connectivity index (χ1n) is 8.45. The van der Waals surface area contributed by atoms with Gasteiger partial charge in [-0.05, 0) is 72.6 Å². The molecule has 1 heterocycles. The van der Waals surface area contributed by atoms with E-state index < -0.39 is 6.04 Å². The number of aryl methyl sites for hydroxylation is 1. The quantitative estimate of drug-likeness (QED) is 0.749. The molecule has 27 heavy (non-hydrogen) atoms. The van der Waals surface area contributed by atoms with Crippen molar-refractivity contribution in [1.82, 2.24) is 0 Å². The van der Waals surface area contributed by atoms with Gasteiger partial charge < -0.3 is 10.1 Å². The van der Waals surface area contributed by atoms with Crippen molar-refractivity contribution in [3.8, 4) is 5.75 Å². The van der Waals surface area contributed by atoms with Crippen molar-refractivity contribution in [2.75, 3.05) is 16.8 Å². The first-order valence-corrected chi connectivity index (χ1v) is 9.24. The fourth-order valence-electron chi connectivity index (χ4n) is 2.89. The fourth-order valence-corrected chi connectivity index (χ4v) is 3.48. The maximum absolute atomic E-state index is 12.8. The molecule has 0 saturated heterocycles. The van der Waals surface area contributed by atoms with Crippen LogP contribution in [0, 0.1) is 6.92 Å². The molecule has 0 fully saturated rings. The van der Waals surface area contributed by atoms with Crippen LogP contribution in [0.3, 0.4) is 0 Å². The summed E-state index contributed by atoms with van der Waals surface area (Å²) >= 11 is 3.43. The Balaban J connectivity index is 1.90. The van der Waals surface area contributed by atoms with Gasteiger partial charge in [0, 0.05) is 10.0 Å². The molecular weight excluding hydrogens is 412 g/mol. The Bertz CT molecular complexity index is 942. The maximum Gasteiger partial charge on any atom is 0.265 e. The third-order valence-corrected chi connectivity index (χ3v) is 5.05. The number of halogens is 1. The molecule has 6 nitrogen and oxygen atoms in total. The second-order valence-corrected chi connectivity index (χ2v) is 7.29. The van der Waals surface area contributed by atoms with E-state index in [1.807, 2.05) is 19.1 Å². The molecule has 1 aliphatic heterocycles. The smallest absolute Gasteiger partial charge is 0.265 e. The van der Waals surface area contributed by atoms with Crippen LogP contribution in [-0.2, 0) is 9.59 Å². The minimum Gasteiger partial charge on any atom is -0.482 e. The zero-order chi connectivity index (χ0) is 19.7. The van der Waals surface area contributed by atoms with Gasteiger partial charge in [0.1, 0.15) is 11.8 Å². The van der Waals surface area contributed by atoms with E-state index in [9.17, 15) is 14.4 Å². The molecule has 140 valence electrons. The molecule has 1 unspecified atom stereocenters. The van der Waals surface area contributed by atoms with Crippen LogP contribution < -0.4 is 15.0 Å². The Hall–Kier alpha value is -2.67. The summed E-state index contributed by atoms with van der Waals surface area (Å²) in [7, 11) is 0. The zero-order valence-electron chi connectivity index (χ0n) is 15.2. The largest absolute Gasteiger partial charge is 0.482 e. The van der Waals surface area contributed by atoms with Gasteiger partial charge in [-0.3, -0.25) is 19.3 Å². The molecular formula is C20H19BrN2O4. The normalized spacial score (nSPS) is 14.2. The van der Waals surface area contributed by atoms with Crippen LogP contribution in [-0.4, -0.2) is 30.2 Å². The van der Waals surface area contributed by atoms with E-state index in [-0.39, 0.29) is 24.2 Å². The molecule has 2 aromatic rings. The van der Waals surface area contributed by atoms with E-state index >= 15 is 0 Å². The number of hydrogen-bond donors (Lipinski definition) is 1. The average molecular weight is 431 g/mol. The van der Waals surface area contributed by atoms with E-state index in [4.69, 9.17) is 4.74 Å². The summed E-state index contributed by atoms with van der Waals surface area (Å²) in [4.78, 5) is 38.3. The Morgan fingerprint density at radius 1 is 1.22 bits per heavy atom. The van der Waals surface area contributed by atoms with Crippen LogP contribution in [0.4, 0.5) is 11.4 Å². The third kappa shape index (κ3) is 3.88. The number of fused-ring (bicyclic) bond motifs is 1. The molecule has 1 atom stereocenters. The van der Waals surface area contributed by atoms with Gasteiger partial charge in [-0.25, -0.2) is 0 Å². The number of amides is 2. The second-order valence-electron chi connectivity index (χ2n) is 6.44. The summed E-state index contributed by atoms with van der Waals surface area (Å²) in [6.45, 7) is 4.89. The van der Waals surface area contributed by atoms with Crippen LogP contribution in [0.15, 0.2) is 40.9 Å². The zero-order valence-corrected chi connectivity index (χ0v) is 16.8. The standard InChI is InChI=1S/C20H19BrN2O4/c1-11-4-6-16(15(21)8-11)22-20(26)12(2)23-17-9-14(13(3)24)5-7-18(17)27-10-19(23)25/h4-9,12H,10H2,1-3H3,(H,22,26). The van der Waals surface area contributed by atoms with Crippen LogP contribution in [0.1, 0.15) is 29.8 Å². The van der Waals surface area contributed by atoms with E-state index in [1.165, 1.54) is 11.8 Å². The van der Waals surface area contributed by atoms with Gasteiger partial charge in [-0.2, -0.15) is 0 Å². The molecule has 7 heteroatoms. The minimum absolute atomic E-state index is 0.128. The third-order valence-electron chi connectivity index (χ3n) is 4.39. The number of nitrogens with zero attached hydrogens (tertiary/aromatic N) is 1. The number of rotatable bonds is 4. The number of ether oxygens (including phenoxy) is 1. The molecule has 1 aliphatic rings. The van der Waals surface area contributed by atoms with Crippen molar-refractivity contribution in [2.45, 2.75) is 26.8 Å². The summed E-state index contributed by atoms with van der Waals surface area (Å²) in [5.74, 6) is -0.338. The van der Waals surface area contributed by atoms with E-state index in [0.29, 0.717) is 22.7 Å². The molecule has 0 radical (unpaired) electrons. The summed E-state index contributed by atoms with van der Waals surface area (Å²) < 4.78 is 6.20. The molecule has 1 N–H and O–H groups in total. The molecule has 0 aliphatic carbocycles. The maximum atomic E-state index is 12.8. The topological polar surface area (TPSA) is 75.7 Å². The highest BCUT2D eigenvalue weighted by atomic mass is 79.9. The van der Waals surface area contributed by atoms with Gasteiger partial charge in [0.15, 0.2) is 12.4 Å². The van der Waals surface area contributed by atoms with Crippen molar-refractivity contribution in [3.05, 3.63) is 52.0 Å². The first kappa shape index (κ1) is 19.1. The van der Waals surface area contributed by atoms with Crippen molar-refractivity contribution < 1.29 is 19.1 Å². The molecule has 0 spiro atoms. The van der Waals surface area contributed by atoms with Crippen LogP contribution in [0.25, 0.3) is 0 Å². The lowest BCUT2D eigenvalue weighted by atomic mass is 10.1. The predicted octanol–water partition coefficient (Wildman–Crippen LogP) is 3.71. The molecule has 0 bridgehead atoms. The highest BCUT2D eigenvalue weighted by Gasteiger charge is 2.33. The van der Waals surface area contributed by atoms with Crippen LogP contribution in [0.5, 0.6) is 5.75 Å². The average Bonchev–Trinajstić information content (AvgIpc) is 2.62. The highest BCUT2D eigenvalue weighted by Crippen LogP contribution is 2.35. The van der Waals surface area contributed by atoms with Gasteiger partial charge in [-0.15, -0.1) is 0 Å². The summed E-state index contributed by atoms with van der Waals surface area (Å²) in [6, 6.07) is 9.67. The van der Waals surface area contributed by atoms with Gasteiger partial charge >= 0.3 is 0 Å². The molecule has 0 saturated carbocycles. The summed E-state index contributed by atoms with van der Waals surface area (Å²) in [6.07, 6.45) is 0. The lowest BCUT2D eigenvalue weighted by Gasteiger charge is -2.33. The number of Topliss-reactive ketones (excluding diaryl/α,β-unsaturated/α-hetero) is 1. The lowest BCUT2D eigenvalue weighted by molar-refractivity contribution is -0.125. The summed E-state index contributed by atoms with van der Waals surface area (Å²) in [5.41, 5.74) is 2.55. The van der Waals surface area contributed by atoms with E-state index in [2.05, 4.69) is 21.2 Å². The molecule has 0 aromatic heterocycles. The van der Waals surface area contributed by atoms with Crippen molar-refractivity contribution in [3.63, 3.8) is 0 Å². The Morgan fingerprint density at radius 3 is 2.63 bits per heavy atom. The van der Waals surface area contributed by atoms with Gasteiger partial charge in [-0.1, -0.05) is 6.07 Å². The number of benzene rings is 2. The van der Waals surface area contributed by atoms with Crippen molar-refractivity contribution >= 4 is 44.9 Å². The Kier molecular flexibility index (Phi) is 5.32. The van der Waals surface area contributed by atoms with Gasteiger partial charge in [0.2, 0.25) is 5.91 Å². The number of carbonyl (C=O) groups excluding carboxylic acids is 3. The lowest BCUT2D eigenvalue weighted by Crippen LogP contribution is -2.49. The van der Waals surface area contributed by atoms with Crippen molar-refractivity contribution in [2.24, 2.45) is 0 Å². The van der Waals surface area contributed by atoms with Crippen LogP contribution in [0.2, 0.25) is 0 Å². The van der Waals surface area contributed by atoms with Gasteiger partial charge in [0.05, 0.1) is 11.4 Å². The van der Waals surface area contributed by atoms with E-state index in [1.54, 1.807) is 31.2 Å². The summed E-state index contributed by atoms with van der Waals surface area (Å²) in [5, 5.41) is 2.84. The first-order chi connectivity index (χ1) is 12.8. The number of hydrogen-bond acceptors (Lipinski definition) is 4. The molecule has 2 aromatic carbocycles. The Labute approximate surface area is 165 Å². The number of carbonyl (C=O) groups is 3. The van der Waals surface area contributed by atoms with Gasteiger partial charge in [0.25, 0.3) is 5.91 Å². The van der Waals surface area contributed by atoms with E-state index in [0.717, 1.165) is 10.0 Å². The highest BCUT2D eigenvalue weighted by molar-refractivity contribution is 9.10. The fraction of sp³-hybridized carbons (Fsp3) is 0.250. The minimum atomic E-state index is -0.782. The number of nitrogens with one attached hydrogen (secondary N) is 1. The molecule has 2 amide bonds. The number of ketones is 1.